The Bertz CT molecular complexity index is 854. The Labute approximate surface area is 155 Å². The Morgan fingerprint density at radius 1 is 1.23 bits per heavy atom. The van der Waals surface area contributed by atoms with E-state index >= 15 is 0 Å². The van der Waals surface area contributed by atoms with Gasteiger partial charge >= 0.3 is 0 Å². The highest BCUT2D eigenvalue weighted by Gasteiger charge is 2.21. The van der Waals surface area contributed by atoms with Crippen LogP contribution in [0.2, 0.25) is 0 Å². The van der Waals surface area contributed by atoms with E-state index in [0.29, 0.717) is 11.7 Å². The Morgan fingerprint density at radius 3 is 2.58 bits per heavy atom. The van der Waals surface area contributed by atoms with Gasteiger partial charge in [-0.1, -0.05) is 38.2 Å². The van der Waals surface area contributed by atoms with Gasteiger partial charge in [0.15, 0.2) is 0 Å². The zero-order valence-corrected chi connectivity index (χ0v) is 16.5. The molecule has 1 aliphatic carbocycles. The summed E-state index contributed by atoms with van der Waals surface area (Å²) in [7, 11) is -2.11. The fourth-order valence-corrected chi connectivity index (χ4v) is 4.24. The van der Waals surface area contributed by atoms with Crippen molar-refractivity contribution in [1.82, 2.24) is 24.9 Å². The number of nitrogens with zero attached hydrogens (tertiary/aromatic N) is 4. The minimum absolute atomic E-state index is 0.0993. The van der Waals surface area contributed by atoms with Gasteiger partial charge in [0.25, 0.3) is 0 Å². The van der Waals surface area contributed by atoms with Gasteiger partial charge in [-0.15, -0.1) is 10.2 Å². The molecule has 7 nitrogen and oxygen atoms in total. The lowest BCUT2D eigenvalue weighted by Gasteiger charge is -2.22. The summed E-state index contributed by atoms with van der Waals surface area (Å²) in [6.45, 7) is 3.96. The summed E-state index contributed by atoms with van der Waals surface area (Å²) >= 11 is 0. The van der Waals surface area contributed by atoms with Crippen molar-refractivity contribution < 1.29 is 8.42 Å². The van der Waals surface area contributed by atoms with Crippen molar-refractivity contribution in [2.75, 3.05) is 7.05 Å². The summed E-state index contributed by atoms with van der Waals surface area (Å²) in [5.41, 5.74) is 1.86. The topological polar surface area (TPSA) is 89.8 Å². The van der Waals surface area contributed by atoms with Gasteiger partial charge < -0.3 is 0 Å². The molecule has 8 heteroatoms. The summed E-state index contributed by atoms with van der Waals surface area (Å²) in [5, 5.41) is 12.7. The van der Waals surface area contributed by atoms with Crippen LogP contribution in [0.1, 0.15) is 57.6 Å². The molecule has 0 unspecified atom stereocenters. The summed E-state index contributed by atoms with van der Waals surface area (Å²) in [6, 6.07) is 5.35. The van der Waals surface area contributed by atoms with Gasteiger partial charge in [0.05, 0.1) is 10.9 Å². The molecule has 3 rings (SSSR count). The number of hydrogen-bond acceptors (Lipinski definition) is 5. The standard InChI is InChI=1S/C18H27N5O2S/c1-13(2)23-21-18(20-22-23)17-12-16(26(24,25)19-3)10-9-15(17)11-14-7-5-4-6-8-14/h9-10,12-14,19H,4-8,11H2,1-3H3. The zero-order valence-electron chi connectivity index (χ0n) is 15.6. The summed E-state index contributed by atoms with van der Waals surface area (Å²) < 4.78 is 26.8. The highest BCUT2D eigenvalue weighted by atomic mass is 32.2. The number of aromatic nitrogens is 4. The number of sulfonamides is 1. The Balaban J connectivity index is 2.01. The van der Waals surface area contributed by atoms with Gasteiger partial charge in [-0.3, -0.25) is 0 Å². The molecule has 0 spiro atoms. The van der Waals surface area contributed by atoms with E-state index in [4.69, 9.17) is 0 Å². The van der Waals surface area contributed by atoms with Crippen molar-refractivity contribution in [3.05, 3.63) is 23.8 Å². The van der Waals surface area contributed by atoms with E-state index in [1.165, 1.54) is 39.2 Å². The normalized spacial score (nSPS) is 16.3. The Morgan fingerprint density at radius 2 is 1.96 bits per heavy atom. The molecule has 0 aliphatic heterocycles. The lowest BCUT2D eigenvalue weighted by molar-refractivity contribution is 0.357. The van der Waals surface area contributed by atoms with Crippen LogP contribution in [0.4, 0.5) is 0 Å². The SMILES string of the molecule is CNS(=O)(=O)c1ccc(CC2CCCCC2)c(-c2nnn(C(C)C)n2)c1. The van der Waals surface area contributed by atoms with Crippen LogP contribution in [0.15, 0.2) is 23.1 Å². The third kappa shape index (κ3) is 4.12. The van der Waals surface area contributed by atoms with Crippen molar-refractivity contribution >= 4 is 10.0 Å². The number of benzene rings is 1. The predicted octanol–water partition coefficient (Wildman–Crippen LogP) is 2.95. The predicted molar refractivity (Wildman–Crippen MR) is 100 cm³/mol. The molecule has 0 amide bonds. The summed E-state index contributed by atoms with van der Waals surface area (Å²) in [5.74, 6) is 1.12. The molecule has 1 fully saturated rings. The Kier molecular flexibility index (Phi) is 5.72. The molecule has 1 heterocycles. The minimum atomic E-state index is -3.52. The fourth-order valence-electron chi connectivity index (χ4n) is 3.48. The fraction of sp³-hybridized carbons (Fsp3) is 0.611. The van der Waals surface area contributed by atoms with Gasteiger partial charge in [0.2, 0.25) is 15.8 Å². The third-order valence-electron chi connectivity index (χ3n) is 5.02. The second-order valence-corrected chi connectivity index (χ2v) is 9.15. The van der Waals surface area contributed by atoms with Crippen LogP contribution >= 0.6 is 0 Å². The molecule has 1 saturated carbocycles. The largest absolute Gasteiger partial charge is 0.240 e. The van der Waals surface area contributed by atoms with E-state index in [2.05, 4.69) is 20.1 Å². The molecule has 1 N–H and O–H groups in total. The first-order valence-electron chi connectivity index (χ1n) is 9.27. The van der Waals surface area contributed by atoms with Gasteiger partial charge in [0, 0.05) is 5.56 Å². The molecule has 142 valence electrons. The molecule has 1 aromatic heterocycles. The molecule has 1 aliphatic rings. The van der Waals surface area contributed by atoms with Crippen molar-refractivity contribution in [3.63, 3.8) is 0 Å². The van der Waals surface area contributed by atoms with Gasteiger partial charge in [-0.05, 0) is 56.1 Å². The molecule has 1 aromatic carbocycles. The van der Waals surface area contributed by atoms with E-state index in [1.807, 2.05) is 19.9 Å². The number of rotatable bonds is 6. The van der Waals surface area contributed by atoms with Crippen molar-refractivity contribution in [2.24, 2.45) is 5.92 Å². The van der Waals surface area contributed by atoms with Crippen LogP contribution in [-0.4, -0.2) is 35.7 Å². The first kappa shape index (κ1) is 19.0. The van der Waals surface area contributed by atoms with Gasteiger partial charge in [-0.25, -0.2) is 13.1 Å². The molecule has 0 atom stereocenters. The van der Waals surface area contributed by atoms with Crippen LogP contribution in [-0.2, 0) is 16.4 Å². The molecule has 26 heavy (non-hydrogen) atoms. The number of hydrogen-bond donors (Lipinski definition) is 1. The first-order chi connectivity index (χ1) is 12.4. The second-order valence-electron chi connectivity index (χ2n) is 7.26. The van der Waals surface area contributed by atoms with Gasteiger partial charge in [0.1, 0.15) is 0 Å². The maximum atomic E-state index is 12.2. The lowest BCUT2D eigenvalue weighted by Crippen LogP contribution is -2.19. The van der Waals surface area contributed by atoms with Crippen molar-refractivity contribution in [1.29, 1.82) is 0 Å². The maximum absolute atomic E-state index is 12.2. The molecule has 2 aromatic rings. The van der Waals surface area contributed by atoms with E-state index < -0.39 is 10.0 Å². The van der Waals surface area contributed by atoms with Crippen LogP contribution in [0, 0.1) is 5.92 Å². The average molecular weight is 378 g/mol. The van der Waals surface area contributed by atoms with Crippen LogP contribution < -0.4 is 4.72 Å². The molecule has 0 radical (unpaired) electrons. The maximum Gasteiger partial charge on any atom is 0.240 e. The number of tetrazole rings is 1. The summed E-state index contributed by atoms with van der Waals surface area (Å²) in [6.07, 6.45) is 7.23. The lowest BCUT2D eigenvalue weighted by atomic mass is 9.84. The number of nitrogens with one attached hydrogen (secondary N) is 1. The average Bonchev–Trinajstić information content (AvgIpc) is 3.13. The monoisotopic (exact) mass is 377 g/mol. The van der Waals surface area contributed by atoms with E-state index in [0.717, 1.165) is 17.5 Å². The van der Waals surface area contributed by atoms with Gasteiger partial charge in [-0.2, -0.15) is 4.80 Å². The molecule has 0 saturated heterocycles. The van der Waals surface area contributed by atoms with Crippen LogP contribution in [0.25, 0.3) is 11.4 Å². The van der Waals surface area contributed by atoms with E-state index in [-0.39, 0.29) is 10.9 Å². The minimum Gasteiger partial charge on any atom is -0.214 e. The van der Waals surface area contributed by atoms with Crippen molar-refractivity contribution in [2.45, 2.75) is 63.3 Å². The Hall–Kier alpha value is -1.80. The smallest absolute Gasteiger partial charge is 0.214 e. The molecule has 0 bridgehead atoms. The quantitative estimate of drug-likeness (QED) is 0.836. The highest BCUT2D eigenvalue weighted by Crippen LogP contribution is 2.31. The second kappa shape index (κ2) is 7.84. The third-order valence-corrected chi connectivity index (χ3v) is 6.44. The van der Waals surface area contributed by atoms with Crippen LogP contribution in [0.3, 0.4) is 0 Å². The molecular formula is C18H27N5O2S. The highest BCUT2D eigenvalue weighted by molar-refractivity contribution is 7.89. The van der Waals surface area contributed by atoms with Crippen molar-refractivity contribution in [3.8, 4) is 11.4 Å². The summed E-state index contributed by atoms with van der Waals surface area (Å²) in [4.78, 5) is 1.78. The molecular weight excluding hydrogens is 350 g/mol. The van der Waals surface area contributed by atoms with E-state index in [1.54, 1.807) is 16.9 Å². The van der Waals surface area contributed by atoms with E-state index in [9.17, 15) is 8.42 Å². The van der Waals surface area contributed by atoms with Crippen LogP contribution in [0.5, 0.6) is 0 Å². The zero-order chi connectivity index (χ0) is 18.7. The first-order valence-corrected chi connectivity index (χ1v) is 10.8.